The van der Waals surface area contributed by atoms with Crippen LogP contribution in [-0.2, 0) is 14.4 Å². The molecule has 0 unspecified atom stereocenters. The molecule has 0 aromatic rings. The number of likely N-dealkylation sites (tertiary alicyclic amines) is 1. The molecule has 1 saturated heterocycles. The predicted molar refractivity (Wildman–Crippen MR) is 64.2 cm³/mol. The maximum Gasteiger partial charge on any atom is 0.304 e. The van der Waals surface area contributed by atoms with Gasteiger partial charge in [-0.25, -0.2) is 8.78 Å². The van der Waals surface area contributed by atoms with E-state index in [1.54, 1.807) is 6.07 Å². The number of halogens is 2. The third kappa shape index (κ3) is 3.17. The fourth-order valence-electron chi connectivity index (χ4n) is 2.96. The number of rotatable bonds is 3. The second kappa shape index (κ2) is 5.39. The van der Waals surface area contributed by atoms with Crippen LogP contribution in [0.1, 0.15) is 25.7 Å². The molecule has 114 valence electrons. The first kappa shape index (κ1) is 15.4. The second-order valence-corrected chi connectivity index (χ2v) is 5.57. The number of carbonyl (C=O) groups excluding carboxylic acids is 2. The number of alkyl halides is 2. The van der Waals surface area contributed by atoms with Crippen molar-refractivity contribution in [3.8, 4) is 6.07 Å². The van der Waals surface area contributed by atoms with Gasteiger partial charge in [-0.15, -0.1) is 0 Å². The van der Waals surface area contributed by atoms with Crippen molar-refractivity contribution in [1.29, 1.82) is 5.26 Å². The lowest BCUT2D eigenvalue weighted by atomic mass is 10.0. The van der Waals surface area contributed by atoms with Crippen LogP contribution in [0.15, 0.2) is 0 Å². The van der Waals surface area contributed by atoms with Gasteiger partial charge in [-0.1, -0.05) is 0 Å². The van der Waals surface area contributed by atoms with Crippen molar-refractivity contribution in [2.75, 3.05) is 6.54 Å². The number of nitriles is 1. The molecule has 0 spiro atoms. The molecule has 1 heterocycles. The normalized spacial score (nSPS) is 31.2. The molecule has 3 atom stereocenters. The summed E-state index contributed by atoms with van der Waals surface area (Å²) in [7, 11) is 0. The van der Waals surface area contributed by atoms with E-state index < -0.39 is 48.6 Å². The topological polar surface area (TPSA) is 98.5 Å². The quantitative estimate of drug-likeness (QED) is 0.832. The first-order valence-corrected chi connectivity index (χ1v) is 6.56. The van der Waals surface area contributed by atoms with Crippen LogP contribution in [0.4, 0.5) is 8.78 Å². The molecule has 2 fully saturated rings. The third-order valence-corrected chi connectivity index (χ3v) is 3.94. The van der Waals surface area contributed by atoms with Crippen molar-refractivity contribution < 1.29 is 28.3 Å². The molecule has 6 nitrogen and oxygen atoms in total. The van der Waals surface area contributed by atoms with E-state index in [0.29, 0.717) is 0 Å². The fraction of sp³-hybridized carbons (Fsp3) is 0.692. The standard InChI is InChI=1S/C13H14F2N2O4/c14-13(15)4-9(5-16)17(6-13)12(21)8-1-7(3-11(19)20)10(18)2-8/h7-9H,1-4,6H2,(H,19,20)/t7-,8+,9-/m0/s1. The predicted octanol–water partition coefficient (Wildman–Crippen LogP) is 0.816. The van der Waals surface area contributed by atoms with Crippen LogP contribution in [-0.4, -0.2) is 46.2 Å². The van der Waals surface area contributed by atoms with E-state index in [0.717, 1.165) is 4.90 Å². The number of amides is 1. The minimum absolute atomic E-state index is 0.0458. The smallest absolute Gasteiger partial charge is 0.304 e. The minimum Gasteiger partial charge on any atom is -0.481 e. The molecule has 1 aliphatic heterocycles. The number of hydrogen-bond acceptors (Lipinski definition) is 4. The maximum atomic E-state index is 13.3. The van der Waals surface area contributed by atoms with Crippen molar-refractivity contribution in [2.24, 2.45) is 11.8 Å². The number of Topliss-reactive ketones (excluding diaryl/α,β-unsaturated/α-hetero) is 1. The lowest BCUT2D eigenvalue weighted by Crippen LogP contribution is -2.39. The highest BCUT2D eigenvalue weighted by Crippen LogP contribution is 2.37. The Morgan fingerprint density at radius 2 is 2.14 bits per heavy atom. The van der Waals surface area contributed by atoms with E-state index in [4.69, 9.17) is 10.4 Å². The van der Waals surface area contributed by atoms with Crippen molar-refractivity contribution >= 4 is 17.7 Å². The lowest BCUT2D eigenvalue weighted by Gasteiger charge is -2.22. The molecule has 2 rings (SSSR count). The lowest BCUT2D eigenvalue weighted by molar-refractivity contribution is -0.140. The number of aliphatic carboxylic acids is 1. The van der Waals surface area contributed by atoms with Crippen LogP contribution in [0.25, 0.3) is 0 Å². The molecule has 1 aliphatic carbocycles. The highest BCUT2D eigenvalue weighted by atomic mass is 19.3. The number of nitrogens with zero attached hydrogens (tertiary/aromatic N) is 2. The van der Waals surface area contributed by atoms with E-state index in [1.807, 2.05) is 0 Å². The molecule has 1 amide bonds. The Kier molecular flexibility index (Phi) is 3.94. The number of ketones is 1. The van der Waals surface area contributed by atoms with Crippen molar-refractivity contribution in [2.45, 2.75) is 37.6 Å². The highest BCUT2D eigenvalue weighted by Gasteiger charge is 2.50. The zero-order valence-corrected chi connectivity index (χ0v) is 11.1. The number of hydrogen-bond donors (Lipinski definition) is 1. The summed E-state index contributed by atoms with van der Waals surface area (Å²) in [6.07, 6.45) is -1.16. The average Bonchev–Trinajstić information content (AvgIpc) is 2.88. The van der Waals surface area contributed by atoms with E-state index >= 15 is 0 Å². The largest absolute Gasteiger partial charge is 0.481 e. The third-order valence-electron chi connectivity index (χ3n) is 3.94. The van der Waals surface area contributed by atoms with Crippen molar-refractivity contribution in [3.05, 3.63) is 0 Å². The summed E-state index contributed by atoms with van der Waals surface area (Å²) in [6.45, 7) is -0.821. The molecule has 0 bridgehead atoms. The first-order valence-electron chi connectivity index (χ1n) is 6.56. The Bertz CT molecular complexity index is 529. The van der Waals surface area contributed by atoms with E-state index in [2.05, 4.69) is 0 Å². The molecular weight excluding hydrogens is 286 g/mol. The van der Waals surface area contributed by atoms with Gasteiger partial charge >= 0.3 is 5.97 Å². The summed E-state index contributed by atoms with van der Waals surface area (Å²) >= 11 is 0. The van der Waals surface area contributed by atoms with Gasteiger partial charge in [0.1, 0.15) is 11.8 Å². The van der Waals surface area contributed by atoms with E-state index in [9.17, 15) is 23.2 Å². The van der Waals surface area contributed by atoms with Crippen LogP contribution in [0.2, 0.25) is 0 Å². The highest BCUT2D eigenvalue weighted by molar-refractivity contribution is 5.93. The average molecular weight is 300 g/mol. The van der Waals surface area contributed by atoms with Gasteiger partial charge in [-0.3, -0.25) is 14.4 Å². The van der Waals surface area contributed by atoms with Gasteiger partial charge in [0, 0.05) is 24.7 Å². The van der Waals surface area contributed by atoms with Crippen LogP contribution in [0.3, 0.4) is 0 Å². The van der Waals surface area contributed by atoms with Gasteiger partial charge in [-0.2, -0.15) is 5.26 Å². The molecular formula is C13H14F2N2O4. The molecule has 8 heteroatoms. The molecule has 0 aromatic carbocycles. The number of carboxylic acids is 1. The summed E-state index contributed by atoms with van der Waals surface area (Å²) in [6, 6.07) is 0.481. The molecule has 21 heavy (non-hydrogen) atoms. The maximum absolute atomic E-state index is 13.3. The monoisotopic (exact) mass is 300 g/mol. The van der Waals surface area contributed by atoms with Gasteiger partial charge in [0.15, 0.2) is 0 Å². The minimum atomic E-state index is -3.10. The Balaban J connectivity index is 2.06. The number of carbonyl (C=O) groups is 3. The Labute approximate surface area is 119 Å². The van der Waals surface area contributed by atoms with Crippen LogP contribution >= 0.6 is 0 Å². The summed E-state index contributed by atoms with van der Waals surface area (Å²) in [5.74, 6) is -6.77. The summed E-state index contributed by atoms with van der Waals surface area (Å²) in [5.41, 5.74) is 0. The number of carboxylic acid groups (broad SMARTS) is 1. The fourth-order valence-corrected chi connectivity index (χ4v) is 2.96. The summed E-state index contributed by atoms with van der Waals surface area (Å²) in [4.78, 5) is 35.3. The SMILES string of the molecule is N#C[C@@H]1CC(F)(F)CN1C(=O)[C@H]1CC(=O)[C@H](CC(=O)O)C1. The summed E-state index contributed by atoms with van der Waals surface area (Å²) in [5, 5.41) is 17.5. The van der Waals surface area contributed by atoms with Crippen molar-refractivity contribution in [1.82, 2.24) is 4.90 Å². The zero-order chi connectivity index (χ0) is 15.8. The van der Waals surface area contributed by atoms with Crippen molar-refractivity contribution in [3.63, 3.8) is 0 Å². The van der Waals surface area contributed by atoms with Gasteiger partial charge < -0.3 is 10.0 Å². The molecule has 0 radical (unpaired) electrons. The van der Waals surface area contributed by atoms with Gasteiger partial charge in [0.2, 0.25) is 5.91 Å². The van der Waals surface area contributed by atoms with Gasteiger partial charge in [-0.05, 0) is 6.42 Å². The Morgan fingerprint density at radius 1 is 1.48 bits per heavy atom. The van der Waals surface area contributed by atoms with Crippen LogP contribution in [0.5, 0.6) is 0 Å². The summed E-state index contributed by atoms with van der Waals surface area (Å²) < 4.78 is 26.6. The van der Waals surface area contributed by atoms with Crippen LogP contribution < -0.4 is 0 Å². The Hall–Kier alpha value is -2.04. The van der Waals surface area contributed by atoms with E-state index in [1.165, 1.54) is 0 Å². The molecule has 0 aromatic heterocycles. The molecule has 2 aliphatic rings. The van der Waals surface area contributed by atoms with Crippen LogP contribution in [0, 0.1) is 23.2 Å². The molecule has 1 N–H and O–H groups in total. The zero-order valence-electron chi connectivity index (χ0n) is 11.1. The van der Waals surface area contributed by atoms with E-state index in [-0.39, 0.29) is 25.0 Å². The molecule has 1 saturated carbocycles. The first-order chi connectivity index (χ1) is 9.73. The Morgan fingerprint density at radius 3 is 2.71 bits per heavy atom. The van der Waals surface area contributed by atoms with Gasteiger partial charge in [0.05, 0.1) is 19.0 Å². The van der Waals surface area contributed by atoms with Gasteiger partial charge in [0.25, 0.3) is 5.92 Å². The second-order valence-electron chi connectivity index (χ2n) is 5.57.